The van der Waals surface area contributed by atoms with E-state index in [1.165, 1.54) is 11.3 Å². The summed E-state index contributed by atoms with van der Waals surface area (Å²) in [6, 6.07) is 4.19. The number of amides is 1. The van der Waals surface area contributed by atoms with E-state index in [9.17, 15) is 4.79 Å². The lowest BCUT2D eigenvalue weighted by molar-refractivity contribution is -0.139. The van der Waals surface area contributed by atoms with Crippen molar-refractivity contribution in [3.8, 4) is 0 Å². The Bertz CT molecular complexity index is 436. The molecule has 2 rings (SSSR count). The lowest BCUT2D eigenvalue weighted by Gasteiger charge is -2.38. The number of rotatable bonds is 5. The summed E-state index contributed by atoms with van der Waals surface area (Å²) in [6.07, 6.45) is 1.24. The average Bonchev–Trinajstić information content (AvgIpc) is 2.95. The highest BCUT2D eigenvalue weighted by atomic mass is 32.1. The van der Waals surface area contributed by atoms with Crippen LogP contribution in [0.1, 0.15) is 39.0 Å². The summed E-state index contributed by atoms with van der Waals surface area (Å²) in [5.41, 5.74) is 0. The van der Waals surface area contributed by atoms with Gasteiger partial charge in [-0.05, 0) is 43.2 Å². The number of nitrogens with zero attached hydrogens (tertiary/aromatic N) is 2. The number of carbonyl (C=O) groups is 1. The highest BCUT2D eigenvalue weighted by Crippen LogP contribution is 2.23. The largest absolute Gasteiger partial charge is 0.341 e. The van der Waals surface area contributed by atoms with Crippen LogP contribution < -0.4 is 0 Å². The molecule has 0 aliphatic carbocycles. The molecule has 4 heteroatoms. The Kier molecular flexibility index (Phi) is 5.82. The molecule has 21 heavy (non-hydrogen) atoms. The van der Waals surface area contributed by atoms with Crippen LogP contribution in [0, 0.1) is 11.8 Å². The predicted molar refractivity (Wildman–Crippen MR) is 89.4 cm³/mol. The minimum atomic E-state index is -0.0328. The molecular formula is C17H28N2OS. The quantitative estimate of drug-likeness (QED) is 0.831. The number of likely N-dealkylation sites (N-methyl/N-ethyl adjacent to an activating group) is 1. The third kappa shape index (κ3) is 4.30. The van der Waals surface area contributed by atoms with E-state index < -0.39 is 0 Å². The van der Waals surface area contributed by atoms with Crippen molar-refractivity contribution in [2.75, 3.05) is 19.6 Å². The van der Waals surface area contributed by atoms with Gasteiger partial charge in [0.25, 0.3) is 0 Å². The highest BCUT2D eigenvalue weighted by molar-refractivity contribution is 7.09. The van der Waals surface area contributed by atoms with Gasteiger partial charge in [-0.15, -0.1) is 11.3 Å². The van der Waals surface area contributed by atoms with Gasteiger partial charge >= 0.3 is 0 Å². The molecule has 0 spiro atoms. The normalized spacial score (nSPS) is 24.3. The van der Waals surface area contributed by atoms with Gasteiger partial charge in [-0.3, -0.25) is 9.69 Å². The minimum absolute atomic E-state index is 0.0328. The first-order chi connectivity index (χ1) is 10.0. The van der Waals surface area contributed by atoms with Crippen molar-refractivity contribution in [3.05, 3.63) is 22.4 Å². The first kappa shape index (κ1) is 16.5. The molecule has 0 aromatic carbocycles. The molecule has 1 aliphatic heterocycles. The van der Waals surface area contributed by atoms with E-state index in [4.69, 9.17) is 0 Å². The smallest absolute Gasteiger partial charge is 0.239 e. The van der Waals surface area contributed by atoms with Crippen molar-refractivity contribution in [2.24, 2.45) is 11.8 Å². The van der Waals surface area contributed by atoms with Gasteiger partial charge in [0.1, 0.15) is 0 Å². The Balaban J connectivity index is 1.99. The zero-order valence-electron chi connectivity index (χ0n) is 13.7. The van der Waals surface area contributed by atoms with Crippen LogP contribution in [0.5, 0.6) is 0 Å². The highest BCUT2D eigenvalue weighted by Gasteiger charge is 2.30. The Hall–Kier alpha value is -0.870. The summed E-state index contributed by atoms with van der Waals surface area (Å²) in [6.45, 7) is 12.3. The third-order valence-electron chi connectivity index (χ3n) is 4.43. The van der Waals surface area contributed by atoms with Gasteiger partial charge in [-0.25, -0.2) is 0 Å². The lowest BCUT2D eigenvalue weighted by Crippen LogP contribution is -2.51. The van der Waals surface area contributed by atoms with Crippen molar-refractivity contribution in [3.63, 3.8) is 0 Å². The molecule has 1 aliphatic rings. The van der Waals surface area contributed by atoms with E-state index >= 15 is 0 Å². The second-order valence-corrected chi connectivity index (χ2v) is 7.54. The molecule has 3 nitrogen and oxygen atoms in total. The molecule has 3 unspecified atom stereocenters. The second kappa shape index (κ2) is 7.41. The number of carbonyl (C=O) groups excluding carboxylic acids is 1. The summed E-state index contributed by atoms with van der Waals surface area (Å²) in [5.74, 6) is 1.54. The molecule has 1 saturated heterocycles. The van der Waals surface area contributed by atoms with Crippen LogP contribution in [-0.4, -0.2) is 41.4 Å². The summed E-state index contributed by atoms with van der Waals surface area (Å²) >= 11 is 1.77. The maximum absolute atomic E-state index is 12.8. The fourth-order valence-corrected chi connectivity index (χ4v) is 4.12. The van der Waals surface area contributed by atoms with Gasteiger partial charge in [-0.1, -0.05) is 26.8 Å². The number of thiophene rings is 1. The van der Waals surface area contributed by atoms with Crippen LogP contribution in [-0.2, 0) is 11.3 Å². The van der Waals surface area contributed by atoms with Crippen LogP contribution in [0.2, 0.25) is 0 Å². The summed E-state index contributed by atoms with van der Waals surface area (Å²) in [4.78, 5) is 18.5. The number of hydrogen-bond acceptors (Lipinski definition) is 3. The first-order valence-electron chi connectivity index (χ1n) is 8.06. The average molecular weight is 308 g/mol. The van der Waals surface area contributed by atoms with Gasteiger partial charge in [0.05, 0.1) is 6.04 Å². The van der Waals surface area contributed by atoms with E-state index in [1.54, 1.807) is 11.3 Å². The van der Waals surface area contributed by atoms with Gasteiger partial charge in [0.2, 0.25) is 5.91 Å². The minimum Gasteiger partial charge on any atom is -0.341 e. The molecule has 0 N–H and O–H groups in total. The molecule has 1 fully saturated rings. The Morgan fingerprint density at radius 3 is 2.62 bits per heavy atom. The van der Waals surface area contributed by atoms with Crippen LogP contribution in [0.3, 0.4) is 0 Å². The number of hydrogen-bond donors (Lipinski definition) is 0. The van der Waals surface area contributed by atoms with Gasteiger partial charge < -0.3 is 4.90 Å². The maximum atomic E-state index is 12.8. The number of piperidine rings is 1. The zero-order valence-corrected chi connectivity index (χ0v) is 14.5. The van der Waals surface area contributed by atoms with Crippen LogP contribution in [0.25, 0.3) is 0 Å². The van der Waals surface area contributed by atoms with E-state index in [1.807, 2.05) is 0 Å². The summed E-state index contributed by atoms with van der Waals surface area (Å²) in [7, 11) is 0. The van der Waals surface area contributed by atoms with E-state index in [2.05, 4.69) is 55.0 Å². The van der Waals surface area contributed by atoms with Crippen LogP contribution in [0.15, 0.2) is 17.5 Å². The Morgan fingerprint density at radius 1 is 1.43 bits per heavy atom. The van der Waals surface area contributed by atoms with Gasteiger partial charge in [-0.2, -0.15) is 0 Å². The molecular weight excluding hydrogens is 280 g/mol. The maximum Gasteiger partial charge on any atom is 0.239 e. The molecule has 0 saturated carbocycles. The molecule has 0 bridgehead atoms. The molecule has 1 aromatic heterocycles. The zero-order chi connectivity index (χ0) is 15.4. The van der Waals surface area contributed by atoms with Crippen molar-refractivity contribution >= 4 is 17.2 Å². The fourth-order valence-electron chi connectivity index (χ4n) is 3.39. The summed E-state index contributed by atoms with van der Waals surface area (Å²) in [5, 5.41) is 2.10. The third-order valence-corrected chi connectivity index (χ3v) is 5.29. The van der Waals surface area contributed by atoms with Crippen molar-refractivity contribution in [1.29, 1.82) is 0 Å². The van der Waals surface area contributed by atoms with Crippen molar-refractivity contribution in [1.82, 2.24) is 9.80 Å². The van der Waals surface area contributed by atoms with Gasteiger partial charge in [0.15, 0.2) is 0 Å². The Morgan fingerprint density at radius 2 is 2.10 bits per heavy atom. The van der Waals surface area contributed by atoms with E-state index in [-0.39, 0.29) is 6.04 Å². The molecule has 2 heterocycles. The molecule has 118 valence electrons. The van der Waals surface area contributed by atoms with Gasteiger partial charge in [0, 0.05) is 24.5 Å². The second-order valence-electron chi connectivity index (χ2n) is 6.51. The first-order valence-corrected chi connectivity index (χ1v) is 8.94. The van der Waals surface area contributed by atoms with Crippen molar-refractivity contribution < 1.29 is 4.79 Å². The fraction of sp³-hybridized carbons (Fsp3) is 0.706. The van der Waals surface area contributed by atoms with Crippen LogP contribution >= 0.6 is 11.3 Å². The van der Waals surface area contributed by atoms with E-state index in [0.717, 1.165) is 26.2 Å². The predicted octanol–water partition coefficient (Wildman–Crippen LogP) is 3.46. The standard InChI is InChI=1S/C17H28N2OS/c1-5-18(12-16-7-6-8-21-16)15(4)17(20)19-10-13(2)9-14(3)11-19/h6-8,13-15H,5,9-12H2,1-4H3. The SMILES string of the molecule is CCN(Cc1cccs1)C(C)C(=O)N1CC(C)CC(C)C1. The molecule has 1 amide bonds. The van der Waals surface area contributed by atoms with E-state index in [0.29, 0.717) is 17.7 Å². The Labute approximate surface area is 132 Å². The molecule has 3 atom stereocenters. The van der Waals surface area contributed by atoms with Crippen LogP contribution in [0.4, 0.5) is 0 Å². The molecule has 1 aromatic rings. The monoisotopic (exact) mass is 308 g/mol. The number of likely N-dealkylation sites (tertiary alicyclic amines) is 1. The topological polar surface area (TPSA) is 23.6 Å². The lowest BCUT2D eigenvalue weighted by atomic mass is 9.91. The molecule has 0 radical (unpaired) electrons. The van der Waals surface area contributed by atoms with Crippen molar-refractivity contribution in [2.45, 2.75) is 46.7 Å². The summed E-state index contributed by atoms with van der Waals surface area (Å²) < 4.78 is 0.